The normalized spacial score (nSPS) is 10.4. The van der Waals surface area contributed by atoms with Crippen LogP contribution >= 0.6 is 0 Å². The summed E-state index contributed by atoms with van der Waals surface area (Å²) in [7, 11) is 0. The highest BCUT2D eigenvalue weighted by molar-refractivity contribution is 5.77. The molecule has 0 atom stereocenters. The Hall–Kier alpha value is -3.42. The van der Waals surface area contributed by atoms with Gasteiger partial charge in [0.25, 0.3) is 5.91 Å². The van der Waals surface area contributed by atoms with Gasteiger partial charge in [-0.2, -0.15) is 5.10 Å². The summed E-state index contributed by atoms with van der Waals surface area (Å²) in [6, 6.07) is 13.1. The molecule has 2 aromatic heterocycles. The van der Waals surface area contributed by atoms with Crippen LogP contribution in [0.25, 0.3) is 5.82 Å². The quantitative estimate of drug-likeness (QED) is 0.591. The predicted molar refractivity (Wildman–Crippen MR) is 102 cm³/mol. The summed E-state index contributed by atoms with van der Waals surface area (Å²) in [5.41, 5.74) is 2.01. The van der Waals surface area contributed by atoms with Gasteiger partial charge in [-0.3, -0.25) is 4.79 Å². The van der Waals surface area contributed by atoms with Crippen molar-refractivity contribution in [2.75, 3.05) is 25.0 Å². The lowest BCUT2D eigenvalue weighted by molar-refractivity contribution is -0.123. The van der Waals surface area contributed by atoms with Crippen molar-refractivity contribution >= 4 is 11.7 Å². The van der Waals surface area contributed by atoms with E-state index in [0.29, 0.717) is 30.5 Å². The predicted octanol–water partition coefficient (Wildman–Crippen LogP) is 1.89. The maximum Gasteiger partial charge on any atom is 0.258 e. The first-order valence-electron chi connectivity index (χ1n) is 8.66. The molecule has 0 aliphatic carbocycles. The van der Waals surface area contributed by atoms with Gasteiger partial charge >= 0.3 is 0 Å². The first kappa shape index (κ1) is 18.4. The smallest absolute Gasteiger partial charge is 0.258 e. The number of rotatable bonds is 8. The minimum absolute atomic E-state index is 0.0127. The summed E-state index contributed by atoms with van der Waals surface area (Å²) in [5, 5.41) is 18.4. The average molecular weight is 366 g/mol. The lowest BCUT2D eigenvalue weighted by Crippen LogP contribution is -2.32. The second-order valence-electron chi connectivity index (χ2n) is 6.06. The standard InChI is InChI=1S/C19H22N6O2/c1-14-4-3-5-16(12-14)27-13-19(26)21-10-9-20-17-6-7-18(23-22-17)25-11-8-15(2)24-25/h3-8,11-12H,9-10,13H2,1-2H3,(H,20,22)(H,21,26). The van der Waals surface area contributed by atoms with Crippen LogP contribution in [-0.4, -0.2) is 45.6 Å². The van der Waals surface area contributed by atoms with Crippen LogP contribution in [-0.2, 0) is 4.79 Å². The summed E-state index contributed by atoms with van der Waals surface area (Å²) in [5.74, 6) is 1.79. The zero-order chi connectivity index (χ0) is 19.1. The van der Waals surface area contributed by atoms with Crippen LogP contribution in [0, 0.1) is 13.8 Å². The van der Waals surface area contributed by atoms with Crippen molar-refractivity contribution in [2.45, 2.75) is 13.8 Å². The van der Waals surface area contributed by atoms with E-state index in [9.17, 15) is 4.79 Å². The fourth-order valence-electron chi connectivity index (χ4n) is 2.38. The van der Waals surface area contributed by atoms with Gasteiger partial charge in [0.2, 0.25) is 0 Å². The van der Waals surface area contributed by atoms with Crippen molar-refractivity contribution < 1.29 is 9.53 Å². The van der Waals surface area contributed by atoms with E-state index in [4.69, 9.17) is 4.74 Å². The molecule has 27 heavy (non-hydrogen) atoms. The zero-order valence-corrected chi connectivity index (χ0v) is 15.3. The molecule has 2 N–H and O–H groups in total. The topological polar surface area (TPSA) is 94.0 Å². The van der Waals surface area contributed by atoms with Gasteiger partial charge in [0, 0.05) is 19.3 Å². The van der Waals surface area contributed by atoms with Gasteiger partial charge in [0.05, 0.1) is 5.69 Å². The van der Waals surface area contributed by atoms with E-state index in [2.05, 4.69) is 25.9 Å². The molecule has 0 bridgehead atoms. The highest BCUT2D eigenvalue weighted by atomic mass is 16.5. The second kappa shape index (κ2) is 8.79. The Morgan fingerprint density at radius 2 is 2.00 bits per heavy atom. The Morgan fingerprint density at radius 1 is 1.11 bits per heavy atom. The van der Waals surface area contributed by atoms with E-state index < -0.39 is 0 Å². The van der Waals surface area contributed by atoms with Crippen molar-refractivity contribution in [2.24, 2.45) is 0 Å². The molecule has 0 saturated carbocycles. The van der Waals surface area contributed by atoms with Crippen LogP contribution in [0.5, 0.6) is 5.75 Å². The Balaban J connectivity index is 1.36. The molecule has 3 rings (SSSR count). The van der Waals surface area contributed by atoms with Crippen molar-refractivity contribution in [1.29, 1.82) is 0 Å². The molecule has 0 aliphatic heterocycles. The molecular formula is C19H22N6O2. The monoisotopic (exact) mass is 366 g/mol. The van der Waals surface area contributed by atoms with E-state index in [1.807, 2.05) is 62.5 Å². The summed E-state index contributed by atoms with van der Waals surface area (Å²) in [6.45, 7) is 4.87. The fraction of sp³-hybridized carbons (Fsp3) is 0.263. The number of aryl methyl sites for hydroxylation is 2. The third kappa shape index (κ3) is 5.53. The lowest BCUT2D eigenvalue weighted by atomic mass is 10.2. The molecule has 0 unspecified atom stereocenters. The number of carbonyl (C=O) groups excluding carboxylic acids is 1. The number of amides is 1. The zero-order valence-electron chi connectivity index (χ0n) is 15.3. The molecule has 2 heterocycles. The van der Waals surface area contributed by atoms with Gasteiger partial charge in [-0.25, -0.2) is 4.68 Å². The minimum atomic E-state index is -0.172. The molecule has 140 valence electrons. The number of nitrogens with zero attached hydrogens (tertiary/aromatic N) is 4. The van der Waals surface area contributed by atoms with Crippen molar-refractivity contribution in [3.63, 3.8) is 0 Å². The van der Waals surface area contributed by atoms with Gasteiger partial charge in [-0.05, 0) is 49.7 Å². The molecule has 8 heteroatoms. The highest BCUT2D eigenvalue weighted by Gasteiger charge is 2.04. The number of nitrogens with one attached hydrogen (secondary N) is 2. The van der Waals surface area contributed by atoms with Crippen molar-refractivity contribution in [3.8, 4) is 11.6 Å². The first-order chi connectivity index (χ1) is 13.1. The molecule has 8 nitrogen and oxygen atoms in total. The number of ether oxygens (including phenoxy) is 1. The van der Waals surface area contributed by atoms with Gasteiger partial charge in [0.1, 0.15) is 11.6 Å². The highest BCUT2D eigenvalue weighted by Crippen LogP contribution is 2.11. The Labute approximate surface area is 157 Å². The summed E-state index contributed by atoms with van der Waals surface area (Å²) >= 11 is 0. The fourth-order valence-corrected chi connectivity index (χ4v) is 2.38. The first-order valence-corrected chi connectivity index (χ1v) is 8.66. The molecule has 3 aromatic rings. The lowest BCUT2D eigenvalue weighted by Gasteiger charge is -2.09. The third-order valence-corrected chi connectivity index (χ3v) is 3.72. The molecule has 0 aliphatic rings. The average Bonchev–Trinajstić information content (AvgIpc) is 3.10. The number of aromatic nitrogens is 4. The Kier molecular flexibility index (Phi) is 5.98. The summed E-state index contributed by atoms with van der Waals surface area (Å²) in [6.07, 6.45) is 1.83. The molecule has 1 amide bonds. The van der Waals surface area contributed by atoms with E-state index in [-0.39, 0.29) is 12.5 Å². The SMILES string of the molecule is Cc1cccc(OCC(=O)NCCNc2ccc(-n3ccc(C)n3)nn2)c1. The Morgan fingerprint density at radius 3 is 2.70 bits per heavy atom. The van der Waals surface area contributed by atoms with Gasteiger partial charge < -0.3 is 15.4 Å². The number of hydrogen-bond acceptors (Lipinski definition) is 6. The number of hydrogen-bond donors (Lipinski definition) is 2. The maximum absolute atomic E-state index is 11.8. The molecule has 0 spiro atoms. The van der Waals surface area contributed by atoms with Gasteiger partial charge in [-0.15, -0.1) is 10.2 Å². The summed E-state index contributed by atoms with van der Waals surface area (Å²) in [4.78, 5) is 11.8. The van der Waals surface area contributed by atoms with E-state index in [0.717, 1.165) is 11.3 Å². The van der Waals surface area contributed by atoms with Crippen LogP contribution in [0.3, 0.4) is 0 Å². The number of benzene rings is 1. The van der Waals surface area contributed by atoms with Crippen LogP contribution < -0.4 is 15.4 Å². The minimum Gasteiger partial charge on any atom is -0.484 e. The second-order valence-corrected chi connectivity index (χ2v) is 6.06. The molecule has 1 aromatic carbocycles. The number of carbonyl (C=O) groups is 1. The molecule has 0 saturated heterocycles. The molecule has 0 radical (unpaired) electrons. The van der Waals surface area contributed by atoms with Crippen LogP contribution in [0.1, 0.15) is 11.3 Å². The Bertz CT molecular complexity index is 891. The van der Waals surface area contributed by atoms with E-state index in [1.165, 1.54) is 0 Å². The van der Waals surface area contributed by atoms with Gasteiger partial charge in [0.15, 0.2) is 12.4 Å². The van der Waals surface area contributed by atoms with Crippen LogP contribution in [0.4, 0.5) is 5.82 Å². The molecule has 0 fully saturated rings. The van der Waals surface area contributed by atoms with E-state index in [1.54, 1.807) is 4.68 Å². The van der Waals surface area contributed by atoms with Crippen molar-refractivity contribution in [3.05, 3.63) is 59.9 Å². The largest absolute Gasteiger partial charge is 0.484 e. The third-order valence-electron chi connectivity index (χ3n) is 3.72. The van der Waals surface area contributed by atoms with Crippen molar-refractivity contribution in [1.82, 2.24) is 25.3 Å². The molecular weight excluding hydrogens is 344 g/mol. The van der Waals surface area contributed by atoms with Crippen LogP contribution in [0.15, 0.2) is 48.7 Å². The van der Waals surface area contributed by atoms with E-state index >= 15 is 0 Å². The summed E-state index contributed by atoms with van der Waals surface area (Å²) < 4.78 is 7.13. The number of anilines is 1. The van der Waals surface area contributed by atoms with Crippen LogP contribution in [0.2, 0.25) is 0 Å². The van der Waals surface area contributed by atoms with Gasteiger partial charge in [-0.1, -0.05) is 12.1 Å². The maximum atomic E-state index is 11.8.